The van der Waals surface area contributed by atoms with Crippen LogP contribution < -0.4 is 20.3 Å². The fraction of sp³-hybridized carbons (Fsp3) is 0.111. The molecule has 3 heterocycles. The van der Waals surface area contributed by atoms with E-state index in [0.29, 0.717) is 28.7 Å². The summed E-state index contributed by atoms with van der Waals surface area (Å²) in [7, 11) is 1.53. The lowest BCUT2D eigenvalue weighted by Gasteiger charge is -2.23. The number of aromatic nitrogens is 4. The number of benzene rings is 2. The predicted octanol–water partition coefficient (Wildman–Crippen LogP) is 6.26. The molecule has 0 aliphatic carbocycles. The first kappa shape index (κ1) is 24.1. The molecular weight excluding hydrogens is 490 g/mol. The zero-order valence-electron chi connectivity index (χ0n) is 20.2. The Balaban J connectivity index is 1.45. The number of halogens is 1. The van der Waals surface area contributed by atoms with Crippen LogP contribution in [0.5, 0.6) is 5.75 Å². The standard InChI is InChI=1S/C27H24ClN7O2/c1-3-35(21-9-11-29-12-10-21)26-25-30-13-14-34(25)17-23(32-26)18-5-4-6-20(15-18)31-27(36)33-22-16-19(28)7-8-24(22)37-2/h4-17H,3H2,1-2H3,(H2,31,33,36). The highest BCUT2D eigenvalue weighted by Gasteiger charge is 2.17. The molecule has 0 unspecified atom stereocenters. The van der Waals surface area contributed by atoms with E-state index in [4.69, 9.17) is 21.3 Å². The van der Waals surface area contributed by atoms with E-state index in [9.17, 15) is 4.79 Å². The third-order valence-corrected chi connectivity index (χ3v) is 5.96. The van der Waals surface area contributed by atoms with Crippen LogP contribution in [0.2, 0.25) is 5.02 Å². The number of carbonyl (C=O) groups is 1. The molecule has 9 nitrogen and oxygen atoms in total. The Labute approximate surface area is 218 Å². The summed E-state index contributed by atoms with van der Waals surface area (Å²) in [6.45, 7) is 2.75. The summed E-state index contributed by atoms with van der Waals surface area (Å²) in [5.74, 6) is 1.23. The fourth-order valence-corrected chi connectivity index (χ4v) is 4.20. The Bertz CT molecular complexity index is 1560. The van der Waals surface area contributed by atoms with E-state index < -0.39 is 6.03 Å². The highest BCUT2D eigenvalue weighted by molar-refractivity contribution is 6.31. The number of hydrogen-bond acceptors (Lipinski definition) is 6. The fourth-order valence-electron chi connectivity index (χ4n) is 4.03. The molecule has 0 aliphatic rings. The second kappa shape index (κ2) is 10.5. The molecule has 5 rings (SSSR count). The van der Waals surface area contributed by atoms with Gasteiger partial charge in [0.1, 0.15) is 5.75 Å². The number of ether oxygens (including phenoxy) is 1. The molecule has 0 aliphatic heterocycles. The number of anilines is 4. The Morgan fingerprint density at radius 2 is 1.92 bits per heavy atom. The van der Waals surface area contributed by atoms with Gasteiger partial charge in [-0.05, 0) is 49.4 Å². The van der Waals surface area contributed by atoms with Crippen molar-refractivity contribution in [3.8, 4) is 17.0 Å². The largest absolute Gasteiger partial charge is 0.495 e. The van der Waals surface area contributed by atoms with Gasteiger partial charge in [-0.2, -0.15) is 0 Å². The molecule has 2 N–H and O–H groups in total. The molecule has 0 atom stereocenters. The summed E-state index contributed by atoms with van der Waals surface area (Å²) in [6, 6.07) is 16.0. The Hall–Kier alpha value is -4.63. The second-order valence-corrected chi connectivity index (χ2v) is 8.50. The van der Waals surface area contributed by atoms with E-state index in [1.54, 1.807) is 36.8 Å². The van der Waals surface area contributed by atoms with Crippen LogP contribution in [0.1, 0.15) is 6.92 Å². The van der Waals surface area contributed by atoms with Crippen LogP contribution in [0.15, 0.2) is 85.6 Å². The molecule has 0 saturated carbocycles. The normalized spacial score (nSPS) is 10.8. The van der Waals surface area contributed by atoms with Crippen LogP contribution in [0, 0.1) is 0 Å². The van der Waals surface area contributed by atoms with Crippen molar-refractivity contribution in [1.29, 1.82) is 0 Å². The number of imidazole rings is 1. The van der Waals surface area contributed by atoms with Crippen LogP contribution in [0.25, 0.3) is 16.9 Å². The second-order valence-electron chi connectivity index (χ2n) is 8.06. The maximum Gasteiger partial charge on any atom is 0.323 e. The lowest BCUT2D eigenvalue weighted by molar-refractivity contribution is 0.262. The molecular formula is C27H24ClN7O2. The van der Waals surface area contributed by atoms with Gasteiger partial charge in [-0.3, -0.25) is 4.98 Å². The van der Waals surface area contributed by atoms with Gasteiger partial charge < -0.3 is 24.7 Å². The SMILES string of the molecule is CCN(c1ccncc1)c1nc(-c2cccc(NC(=O)Nc3cc(Cl)ccc3OC)c2)cn2ccnc12. The highest BCUT2D eigenvalue weighted by Crippen LogP contribution is 2.31. The van der Waals surface area contributed by atoms with E-state index in [1.807, 2.05) is 53.2 Å². The van der Waals surface area contributed by atoms with Gasteiger partial charge in [-0.25, -0.2) is 14.8 Å². The van der Waals surface area contributed by atoms with E-state index in [-0.39, 0.29) is 0 Å². The molecule has 0 fully saturated rings. The van der Waals surface area contributed by atoms with E-state index in [1.165, 1.54) is 7.11 Å². The van der Waals surface area contributed by atoms with Crippen LogP contribution >= 0.6 is 11.6 Å². The minimum atomic E-state index is -0.425. The Morgan fingerprint density at radius 3 is 2.70 bits per heavy atom. The van der Waals surface area contributed by atoms with E-state index >= 15 is 0 Å². The van der Waals surface area contributed by atoms with Crippen LogP contribution in [0.3, 0.4) is 0 Å². The third kappa shape index (κ3) is 5.17. The zero-order valence-corrected chi connectivity index (χ0v) is 21.0. The number of nitrogens with zero attached hydrogens (tertiary/aromatic N) is 5. The minimum Gasteiger partial charge on any atom is -0.495 e. The molecule has 37 heavy (non-hydrogen) atoms. The lowest BCUT2D eigenvalue weighted by atomic mass is 10.1. The number of urea groups is 1. The number of methoxy groups -OCH3 is 1. The molecule has 10 heteroatoms. The number of amides is 2. The first-order chi connectivity index (χ1) is 18.1. The monoisotopic (exact) mass is 513 g/mol. The molecule has 2 amide bonds. The summed E-state index contributed by atoms with van der Waals surface area (Å²) >= 11 is 6.08. The van der Waals surface area contributed by atoms with Crippen molar-refractivity contribution in [2.24, 2.45) is 0 Å². The summed E-state index contributed by atoms with van der Waals surface area (Å²) in [4.78, 5) is 28.4. The van der Waals surface area contributed by atoms with Crippen molar-refractivity contribution >= 4 is 46.2 Å². The summed E-state index contributed by atoms with van der Waals surface area (Å²) < 4.78 is 7.25. The summed E-state index contributed by atoms with van der Waals surface area (Å²) in [5.41, 5.74) is 4.35. The van der Waals surface area contributed by atoms with Crippen molar-refractivity contribution in [2.75, 3.05) is 29.2 Å². The molecule has 186 valence electrons. The number of rotatable bonds is 7. The topological polar surface area (TPSA) is 96.7 Å². The van der Waals surface area contributed by atoms with Crippen molar-refractivity contribution in [2.45, 2.75) is 6.92 Å². The van der Waals surface area contributed by atoms with Gasteiger partial charge in [0.05, 0.1) is 18.5 Å². The van der Waals surface area contributed by atoms with Crippen molar-refractivity contribution < 1.29 is 9.53 Å². The average molecular weight is 514 g/mol. The minimum absolute atomic E-state index is 0.425. The molecule has 0 spiro atoms. The Morgan fingerprint density at radius 1 is 1.08 bits per heavy atom. The van der Waals surface area contributed by atoms with Gasteiger partial charge in [-0.1, -0.05) is 23.7 Å². The molecule has 3 aromatic heterocycles. The molecule has 0 bridgehead atoms. The third-order valence-electron chi connectivity index (χ3n) is 5.73. The smallest absolute Gasteiger partial charge is 0.323 e. The first-order valence-electron chi connectivity index (χ1n) is 11.6. The molecule has 0 radical (unpaired) electrons. The quantitative estimate of drug-likeness (QED) is 0.267. The van der Waals surface area contributed by atoms with Gasteiger partial charge in [0.2, 0.25) is 0 Å². The Kier molecular flexibility index (Phi) is 6.87. The zero-order chi connectivity index (χ0) is 25.8. The van der Waals surface area contributed by atoms with Gasteiger partial charge in [-0.15, -0.1) is 0 Å². The van der Waals surface area contributed by atoms with Crippen molar-refractivity contribution in [3.05, 3.63) is 90.6 Å². The number of fused-ring (bicyclic) bond motifs is 1. The summed E-state index contributed by atoms with van der Waals surface area (Å²) in [6.07, 6.45) is 9.06. The molecule has 5 aromatic rings. The van der Waals surface area contributed by atoms with Crippen molar-refractivity contribution in [1.82, 2.24) is 19.4 Å². The number of carbonyl (C=O) groups excluding carboxylic acids is 1. The number of pyridine rings is 1. The molecule has 2 aromatic carbocycles. The van der Waals surface area contributed by atoms with Crippen LogP contribution in [-0.4, -0.2) is 39.0 Å². The first-order valence-corrected chi connectivity index (χ1v) is 12.0. The summed E-state index contributed by atoms with van der Waals surface area (Å²) in [5, 5.41) is 6.13. The van der Waals surface area contributed by atoms with Gasteiger partial charge in [0.25, 0.3) is 0 Å². The maximum atomic E-state index is 12.7. The van der Waals surface area contributed by atoms with E-state index in [2.05, 4.69) is 32.4 Å². The molecule has 0 saturated heterocycles. The number of nitrogens with one attached hydrogen (secondary N) is 2. The number of hydrogen-bond donors (Lipinski definition) is 2. The predicted molar refractivity (Wildman–Crippen MR) is 146 cm³/mol. The maximum absolute atomic E-state index is 12.7. The van der Waals surface area contributed by atoms with Crippen LogP contribution in [-0.2, 0) is 0 Å². The van der Waals surface area contributed by atoms with Crippen LogP contribution in [0.4, 0.5) is 27.7 Å². The van der Waals surface area contributed by atoms with Crippen molar-refractivity contribution in [3.63, 3.8) is 0 Å². The van der Waals surface area contributed by atoms with Gasteiger partial charge in [0, 0.05) is 59.5 Å². The van der Waals surface area contributed by atoms with E-state index in [0.717, 1.165) is 28.4 Å². The van der Waals surface area contributed by atoms with Gasteiger partial charge in [0.15, 0.2) is 11.5 Å². The van der Waals surface area contributed by atoms with Gasteiger partial charge >= 0.3 is 6.03 Å². The highest BCUT2D eigenvalue weighted by atomic mass is 35.5. The lowest BCUT2D eigenvalue weighted by Crippen LogP contribution is -2.20. The average Bonchev–Trinajstić information content (AvgIpc) is 3.39.